The number of amides is 3. The Morgan fingerprint density at radius 3 is 2.52 bits per heavy atom. The van der Waals surface area contributed by atoms with Crippen molar-refractivity contribution in [3.8, 4) is 0 Å². The number of anilines is 1. The van der Waals surface area contributed by atoms with E-state index in [1.807, 2.05) is 0 Å². The smallest absolute Gasteiger partial charge is 0.322 e. The second-order valence-electron chi connectivity index (χ2n) is 4.06. The number of halogens is 2. The fraction of sp³-hybridized carbons (Fsp3) is 0.250. The zero-order valence-electron chi connectivity index (χ0n) is 11.0. The first-order valence-electron chi connectivity index (χ1n) is 5.78. The van der Waals surface area contributed by atoms with Crippen LogP contribution in [0.25, 0.3) is 0 Å². The average Bonchev–Trinajstić information content (AvgIpc) is 2.40. The van der Waals surface area contributed by atoms with E-state index in [0.717, 1.165) is 6.07 Å². The highest BCUT2D eigenvalue weighted by atomic mass is 79.9. The van der Waals surface area contributed by atoms with E-state index in [-0.39, 0.29) is 10.2 Å². The number of carbonyl (C=O) groups is 3. The molecule has 0 unspecified atom stereocenters. The molecule has 21 heavy (non-hydrogen) atoms. The third-order valence-corrected chi connectivity index (χ3v) is 2.97. The van der Waals surface area contributed by atoms with Gasteiger partial charge in [-0.2, -0.15) is 0 Å². The molecule has 1 aromatic carbocycles. The van der Waals surface area contributed by atoms with Crippen LogP contribution in [0.5, 0.6) is 0 Å². The molecule has 1 rings (SSSR count). The lowest BCUT2D eigenvalue weighted by molar-refractivity contribution is -0.137. The second kappa shape index (κ2) is 7.58. The van der Waals surface area contributed by atoms with Gasteiger partial charge in [0.25, 0.3) is 0 Å². The van der Waals surface area contributed by atoms with Gasteiger partial charge in [0.2, 0.25) is 5.91 Å². The van der Waals surface area contributed by atoms with E-state index in [1.165, 1.54) is 6.07 Å². The first kappa shape index (κ1) is 16.9. The molecule has 0 aliphatic rings. The third-order valence-electron chi connectivity index (χ3n) is 2.36. The number of benzene rings is 1. The van der Waals surface area contributed by atoms with E-state index in [0.29, 0.717) is 5.56 Å². The Morgan fingerprint density at radius 1 is 1.24 bits per heavy atom. The van der Waals surface area contributed by atoms with Crippen molar-refractivity contribution in [1.29, 1.82) is 0 Å². The average molecular weight is 362 g/mol. The maximum Gasteiger partial charge on any atom is 0.322 e. The summed E-state index contributed by atoms with van der Waals surface area (Å²) in [5, 5.41) is 15.1. The molecule has 1 aromatic rings. The number of carboxylic acid groups (broad SMARTS) is 1. The molecule has 0 bridgehead atoms. The van der Waals surface area contributed by atoms with Gasteiger partial charge in [0.1, 0.15) is 12.4 Å². The predicted molar refractivity (Wildman–Crippen MR) is 76.5 cm³/mol. The van der Waals surface area contributed by atoms with Gasteiger partial charge in [-0.3, -0.25) is 9.59 Å². The Bertz CT molecular complexity index is 580. The van der Waals surface area contributed by atoms with E-state index < -0.39 is 36.8 Å². The summed E-state index contributed by atoms with van der Waals surface area (Å²) < 4.78 is 13.6. The van der Waals surface area contributed by atoms with Crippen molar-refractivity contribution in [3.63, 3.8) is 0 Å². The molecule has 4 N–H and O–H groups in total. The van der Waals surface area contributed by atoms with Gasteiger partial charge >= 0.3 is 12.0 Å². The van der Waals surface area contributed by atoms with Gasteiger partial charge in [-0.05, 0) is 40.5 Å². The second-order valence-corrected chi connectivity index (χ2v) is 4.91. The van der Waals surface area contributed by atoms with Crippen molar-refractivity contribution >= 4 is 39.5 Å². The predicted octanol–water partition coefficient (Wildman–Crippen LogP) is 1.22. The maximum absolute atomic E-state index is 13.4. The maximum atomic E-state index is 13.4. The molecule has 0 saturated heterocycles. The van der Waals surface area contributed by atoms with E-state index in [2.05, 4.69) is 31.9 Å². The Morgan fingerprint density at radius 2 is 1.90 bits per heavy atom. The number of aliphatic carboxylic acids is 1. The van der Waals surface area contributed by atoms with E-state index in [4.69, 9.17) is 5.11 Å². The van der Waals surface area contributed by atoms with Gasteiger partial charge in [0, 0.05) is 5.69 Å². The van der Waals surface area contributed by atoms with Crippen LogP contribution in [0.2, 0.25) is 0 Å². The monoisotopic (exact) mass is 361 g/mol. The van der Waals surface area contributed by atoms with Crippen molar-refractivity contribution in [2.75, 3.05) is 18.4 Å². The zero-order chi connectivity index (χ0) is 16.0. The number of hydrogen-bond acceptors (Lipinski definition) is 3. The number of rotatable bonds is 5. The largest absolute Gasteiger partial charge is 0.480 e. The first-order valence-corrected chi connectivity index (χ1v) is 6.58. The molecule has 0 aliphatic carbocycles. The van der Waals surface area contributed by atoms with Crippen molar-refractivity contribution in [1.82, 2.24) is 10.6 Å². The van der Waals surface area contributed by atoms with Gasteiger partial charge in [-0.1, -0.05) is 0 Å². The lowest BCUT2D eigenvalue weighted by atomic mass is 10.2. The van der Waals surface area contributed by atoms with Gasteiger partial charge in [-0.15, -0.1) is 0 Å². The summed E-state index contributed by atoms with van der Waals surface area (Å²) in [6, 6.07) is 1.94. The van der Waals surface area contributed by atoms with Crippen molar-refractivity contribution in [2.24, 2.45) is 0 Å². The van der Waals surface area contributed by atoms with Crippen LogP contribution >= 0.6 is 15.9 Å². The molecular formula is C12H13BrFN3O4. The molecule has 114 valence electrons. The summed E-state index contributed by atoms with van der Waals surface area (Å²) in [7, 11) is 0. The lowest BCUT2D eigenvalue weighted by Gasteiger charge is -2.10. The fourth-order valence-electron chi connectivity index (χ4n) is 1.34. The van der Waals surface area contributed by atoms with E-state index in [9.17, 15) is 18.8 Å². The number of nitrogens with one attached hydrogen (secondary N) is 3. The van der Waals surface area contributed by atoms with Crippen LogP contribution in [0.3, 0.4) is 0 Å². The molecule has 0 spiro atoms. The Labute approximate surface area is 128 Å². The van der Waals surface area contributed by atoms with Gasteiger partial charge < -0.3 is 21.1 Å². The summed E-state index contributed by atoms with van der Waals surface area (Å²) in [5.41, 5.74) is 0.896. The molecular weight excluding hydrogens is 349 g/mol. The number of carboxylic acids is 1. The molecule has 0 aromatic heterocycles. The SMILES string of the molecule is Cc1cc(Br)c(F)cc1NC(=O)NCC(=O)NCC(=O)O. The topological polar surface area (TPSA) is 108 Å². The van der Waals surface area contributed by atoms with Crippen molar-refractivity contribution < 1.29 is 23.9 Å². The van der Waals surface area contributed by atoms with Gasteiger partial charge in [0.05, 0.1) is 11.0 Å². The van der Waals surface area contributed by atoms with Crippen LogP contribution in [-0.2, 0) is 9.59 Å². The highest BCUT2D eigenvalue weighted by Crippen LogP contribution is 2.23. The number of aryl methyl sites for hydroxylation is 1. The summed E-state index contributed by atoms with van der Waals surface area (Å²) in [6.45, 7) is 0.760. The van der Waals surface area contributed by atoms with Crippen molar-refractivity contribution in [2.45, 2.75) is 6.92 Å². The quantitative estimate of drug-likeness (QED) is 0.632. The highest BCUT2D eigenvalue weighted by molar-refractivity contribution is 9.10. The highest BCUT2D eigenvalue weighted by Gasteiger charge is 2.10. The Kier molecular flexibility index (Phi) is 6.10. The standard InChI is InChI=1S/C12H13BrFN3O4/c1-6-2-7(13)8(14)3-9(6)17-12(21)16-4-10(18)15-5-11(19)20/h2-3H,4-5H2,1H3,(H,15,18)(H,19,20)(H2,16,17,21). The summed E-state index contributed by atoms with van der Waals surface area (Å²) in [5.74, 6) is -2.37. The lowest BCUT2D eigenvalue weighted by Crippen LogP contribution is -2.40. The third kappa shape index (κ3) is 5.78. The van der Waals surface area contributed by atoms with Crippen LogP contribution in [0, 0.1) is 12.7 Å². The van der Waals surface area contributed by atoms with Crippen LogP contribution < -0.4 is 16.0 Å². The molecule has 0 saturated carbocycles. The summed E-state index contributed by atoms with van der Waals surface area (Å²) >= 11 is 3.02. The molecule has 0 fully saturated rings. The number of urea groups is 1. The van der Waals surface area contributed by atoms with Crippen LogP contribution in [0.4, 0.5) is 14.9 Å². The minimum absolute atomic E-state index is 0.263. The van der Waals surface area contributed by atoms with E-state index >= 15 is 0 Å². The molecule has 7 nitrogen and oxygen atoms in total. The first-order chi connectivity index (χ1) is 9.79. The van der Waals surface area contributed by atoms with Crippen LogP contribution in [0.15, 0.2) is 16.6 Å². The molecule has 0 radical (unpaired) electrons. The van der Waals surface area contributed by atoms with Crippen LogP contribution in [0.1, 0.15) is 5.56 Å². The Hall–Kier alpha value is -2.16. The summed E-state index contributed by atoms with van der Waals surface area (Å²) in [4.78, 5) is 33.0. The van der Waals surface area contributed by atoms with Crippen molar-refractivity contribution in [3.05, 3.63) is 28.0 Å². The summed E-state index contributed by atoms with van der Waals surface area (Å²) in [6.07, 6.45) is 0. The minimum atomic E-state index is -1.19. The molecule has 0 aliphatic heterocycles. The molecule has 9 heteroatoms. The fourth-order valence-corrected chi connectivity index (χ4v) is 1.80. The van der Waals surface area contributed by atoms with Gasteiger partial charge in [0.15, 0.2) is 0 Å². The van der Waals surface area contributed by atoms with E-state index in [1.54, 1.807) is 6.92 Å². The number of carbonyl (C=O) groups excluding carboxylic acids is 2. The van der Waals surface area contributed by atoms with Crippen LogP contribution in [-0.4, -0.2) is 36.1 Å². The number of hydrogen-bond donors (Lipinski definition) is 4. The minimum Gasteiger partial charge on any atom is -0.480 e. The molecule has 0 atom stereocenters. The molecule has 3 amide bonds. The zero-order valence-corrected chi connectivity index (χ0v) is 12.6. The molecule has 0 heterocycles. The Balaban J connectivity index is 2.49. The van der Waals surface area contributed by atoms with Gasteiger partial charge in [-0.25, -0.2) is 9.18 Å². The normalized spacial score (nSPS) is 9.86.